The molecule has 0 spiro atoms. The monoisotopic (exact) mass is 438 g/mol. The Balaban J connectivity index is 2.06. The lowest BCUT2D eigenvalue weighted by Gasteiger charge is -2.21. The average molecular weight is 439 g/mol. The predicted molar refractivity (Wildman–Crippen MR) is 122 cm³/mol. The fourth-order valence-corrected chi connectivity index (χ4v) is 3.22. The first-order valence-corrected chi connectivity index (χ1v) is 10.5. The van der Waals surface area contributed by atoms with Gasteiger partial charge in [0.1, 0.15) is 17.2 Å². The van der Waals surface area contributed by atoms with Gasteiger partial charge < -0.3 is 18.9 Å². The van der Waals surface area contributed by atoms with Crippen LogP contribution in [0, 0.1) is 0 Å². The van der Waals surface area contributed by atoms with Crippen LogP contribution in [0.1, 0.15) is 33.4 Å². The maximum Gasteiger partial charge on any atom is 0.337 e. The van der Waals surface area contributed by atoms with Crippen LogP contribution in [-0.4, -0.2) is 41.7 Å². The van der Waals surface area contributed by atoms with Crippen LogP contribution in [-0.2, 0) is 20.9 Å². The molecule has 0 fully saturated rings. The van der Waals surface area contributed by atoms with Crippen LogP contribution in [0.5, 0.6) is 11.5 Å². The van der Waals surface area contributed by atoms with Crippen molar-refractivity contribution in [1.29, 1.82) is 0 Å². The molecule has 1 aromatic heterocycles. The first-order valence-electron chi connectivity index (χ1n) is 10.5. The minimum absolute atomic E-state index is 0.00985. The van der Waals surface area contributed by atoms with Gasteiger partial charge >= 0.3 is 5.97 Å². The molecule has 0 radical (unpaired) electrons. The lowest BCUT2D eigenvalue weighted by atomic mass is 10.1. The quantitative estimate of drug-likeness (QED) is 0.447. The number of aromatic nitrogens is 2. The first-order chi connectivity index (χ1) is 15.2. The van der Waals surface area contributed by atoms with E-state index < -0.39 is 11.6 Å². The van der Waals surface area contributed by atoms with E-state index in [9.17, 15) is 4.79 Å². The first kappa shape index (κ1) is 23.3. The molecule has 1 heterocycles. The van der Waals surface area contributed by atoms with E-state index in [0.717, 1.165) is 28.4 Å². The van der Waals surface area contributed by atoms with Gasteiger partial charge in [-0.1, -0.05) is 24.3 Å². The Morgan fingerprint density at radius 3 is 2.50 bits per heavy atom. The summed E-state index contributed by atoms with van der Waals surface area (Å²) in [5.74, 6) is 1.02. The molecule has 0 aliphatic heterocycles. The summed E-state index contributed by atoms with van der Waals surface area (Å²) in [6, 6.07) is 17.4. The van der Waals surface area contributed by atoms with Crippen molar-refractivity contribution in [2.45, 2.75) is 46.0 Å². The number of hydrogen-bond donors (Lipinski definition) is 0. The van der Waals surface area contributed by atoms with E-state index in [1.54, 1.807) is 21.0 Å². The van der Waals surface area contributed by atoms with Gasteiger partial charge in [-0.05, 0) is 58.0 Å². The Morgan fingerprint density at radius 2 is 1.81 bits per heavy atom. The summed E-state index contributed by atoms with van der Waals surface area (Å²) in [5.41, 5.74) is 2.15. The fraction of sp³-hybridized carbons (Fsp3) is 0.360. The molecule has 7 nitrogen and oxygen atoms in total. The second-order valence-corrected chi connectivity index (χ2v) is 8.09. The minimum atomic E-state index is -1.09. The Labute approximate surface area is 188 Å². The second kappa shape index (κ2) is 9.87. The zero-order valence-electron chi connectivity index (χ0n) is 19.4. The topological polar surface area (TPSA) is 71.8 Å². The molecule has 0 aliphatic carbocycles. The summed E-state index contributed by atoms with van der Waals surface area (Å²) >= 11 is 0. The largest absolute Gasteiger partial charge is 0.497 e. The summed E-state index contributed by atoms with van der Waals surface area (Å²) in [6.45, 7) is 7.45. The number of carbonyl (C=O) groups excluding carboxylic acids is 1. The highest BCUT2D eigenvalue weighted by Crippen LogP contribution is 2.31. The molecule has 3 rings (SSSR count). The summed E-state index contributed by atoms with van der Waals surface area (Å²) in [4.78, 5) is 12.0. The van der Waals surface area contributed by atoms with Gasteiger partial charge in [0.25, 0.3) is 0 Å². The van der Waals surface area contributed by atoms with Crippen molar-refractivity contribution in [2.24, 2.45) is 0 Å². The van der Waals surface area contributed by atoms with Crippen molar-refractivity contribution in [2.75, 3.05) is 14.2 Å². The molecule has 170 valence electrons. The number of nitrogens with zero attached hydrogens (tertiary/aromatic N) is 2. The molecule has 0 bridgehead atoms. The molecule has 0 unspecified atom stereocenters. The van der Waals surface area contributed by atoms with Gasteiger partial charge in [-0.2, -0.15) is 5.10 Å². The lowest BCUT2D eigenvalue weighted by Crippen LogP contribution is -2.35. The molecule has 0 saturated carbocycles. The SMILES string of the molecule is COC(=O)C(C)(C)OCc1cc(-c2cccc(OC)c2)n(-c2ccccc2OC(C)C)n1. The zero-order chi connectivity index (χ0) is 23.3. The van der Waals surface area contributed by atoms with E-state index in [2.05, 4.69) is 0 Å². The molecule has 32 heavy (non-hydrogen) atoms. The number of para-hydroxylation sites is 2. The standard InChI is InChI=1S/C25H30N2O5/c1-17(2)32-23-13-8-7-12-21(23)27-22(18-10-9-11-20(14-18)29-5)15-19(26-27)16-31-25(3,4)24(28)30-6/h7-15,17H,16H2,1-6H3. The predicted octanol–water partition coefficient (Wildman–Crippen LogP) is 4.80. The van der Waals surface area contributed by atoms with E-state index in [0.29, 0.717) is 5.69 Å². The number of methoxy groups -OCH3 is 2. The van der Waals surface area contributed by atoms with Gasteiger partial charge in [0.15, 0.2) is 5.60 Å². The van der Waals surface area contributed by atoms with Crippen LogP contribution in [0.4, 0.5) is 0 Å². The summed E-state index contributed by atoms with van der Waals surface area (Å²) in [7, 11) is 2.98. The molecular weight excluding hydrogens is 408 g/mol. The van der Waals surface area contributed by atoms with Gasteiger partial charge in [-0.3, -0.25) is 0 Å². The van der Waals surface area contributed by atoms with Gasteiger partial charge in [0.2, 0.25) is 0 Å². The van der Waals surface area contributed by atoms with Crippen LogP contribution in [0.25, 0.3) is 16.9 Å². The second-order valence-electron chi connectivity index (χ2n) is 8.09. The molecule has 7 heteroatoms. The van der Waals surface area contributed by atoms with Crippen molar-refractivity contribution in [1.82, 2.24) is 9.78 Å². The Kier molecular flexibility index (Phi) is 7.20. The number of rotatable bonds is 9. The highest BCUT2D eigenvalue weighted by molar-refractivity contribution is 5.78. The number of hydrogen-bond acceptors (Lipinski definition) is 6. The number of benzene rings is 2. The van der Waals surface area contributed by atoms with Crippen LogP contribution in [0.3, 0.4) is 0 Å². The maximum absolute atomic E-state index is 12.0. The van der Waals surface area contributed by atoms with Crippen molar-refractivity contribution in [3.8, 4) is 28.4 Å². The highest BCUT2D eigenvalue weighted by atomic mass is 16.6. The average Bonchev–Trinajstić information content (AvgIpc) is 3.21. The smallest absolute Gasteiger partial charge is 0.337 e. The Hall–Kier alpha value is -3.32. The van der Waals surface area contributed by atoms with Gasteiger partial charge in [-0.15, -0.1) is 0 Å². The molecule has 0 saturated heterocycles. The highest BCUT2D eigenvalue weighted by Gasteiger charge is 2.30. The third-order valence-electron chi connectivity index (χ3n) is 4.84. The van der Waals surface area contributed by atoms with E-state index in [4.69, 9.17) is 24.0 Å². The molecule has 0 N–H and O–H groups in total. The van der Waals surface area contributed by atoms with Crippen molar-refractivity contribution in [3.63, 3.8) is 0 Å². The number of esters is 1. The van der Waals surface area contributed by atoms with Gasteiger partial charge in [-0.25, -0.2) is 9.48 Å². The van der Waals surface area contributed by atoms with Crippen molar-refractivity contribution >= 4 is 5.97 Å². The molecule has 0 amide bonds. The molecule has 2 aromatic carbocycles. The molecular formula is C25H30N2O5. The number of ether oxygens (including phenoxy) is 4. The van der Waals surface area contributed by atoms with Gasteiger partial charge in [0.05, 0.1) is 38.3 Å². The van der Waals surface area contributed by atoms with E-state index in [1.165, 1.54) is 7.11 Å². The minimum Gasteiger partial charge on any atom is -0.497 e. The van der Waals surface area contributed by atoms with Crippen molar-refractivity contribution in [3.05, 3.63) is 60.3 Å². The van der Waals surface area contributed by atoms with Crippen LogP contribution in [0.15, 0.2) is 54.6 Å². The van der Waals surface area contributed by atoms with Gasteiger partial charge in [0, 0.05) is 5.56 Å². The Bertz CT molecular complexity index is 1070. The summed E-state index contributed by atoms with van der Waals surface area (Å²) in [5, 5.41) is 4.79. The van der Waals surface area contributed by atoms with E-state index in [1.807, 2.05) is 73.1 Å². The summed E-state index contributed by atoms with van der Waals surface area (Å²) in [6.07, 6.45) is 0.00985. The lowest BCUT2D eigenvalue weighted by molar-refractivity contribution is -0.166. The van der Waals surface area contributed by atoms with E-state index in [-0.39, 0.29) is 12.7 Å². The third-order valence-corrected chi connectivity index (χ3v) is 4.84. The molecule has 0 atom stereocenters. The van der Waals surface area contributed by atoms with Crippen molar-refractivity contribution < 1.29 is 23.7 Å². The zero-order valence-corrected chi connectivity index (χ0v) is 19.4. The maximum atomic E-state index is 12.0. The number of carbonyl (C=O) groups is 1. The third kappa shape index (κ3) is 5.29. The molecule has 3 aromatic rings. The Morgan fingerprint density at radius 1 is 1.06 bits per heavy atom. The normalized spacial score (nSPS) is 11.5. The van der Waals surface area contributed by atoms with Crippen LogP contribution < -0.4 is 9.47 Å². The fourth-order valence-electron chi connectivity index (χ4n) is 3.22. The molecule has 0 aliphatic rings. The van der Waals surface area contributed by atoms with Crippen LogP contribution >= 0.6 is 0 Å². The van der Waals surface area contributed by atoms with Crippen LogP contribution in [0.2, 0.25) is 0 Å². The van der Waals surface area contributed by atoms with E-state index >= 15 is 0 Å². The summed E-state index contributed by atoms with van der Waals surface area (Å²) < 4.78 is 23.9.